The molecule has 0 aromatic rings. The predicted octanol–water partition coefficient (Wildman–Crippen LogP) is 1.98. The molecule has 0 aliphatic heterocycles. The number of hydrogen-bond acceptors (Lipinski definition) is 1. The normalized spacial score (nSPS) is 20.1. The largest absolute Gasteiger partial charge is 0.307 e. The van der Waals surface area contributed by atoms with Crippen molar-refractivity contribution in [3.8, 4) is 0 Å². The van der Waals surface area contributed by atoms with Crippen molar-refractivity contribution in [2.45, 2.75) is 33.2 Å². The first-order valence-electron chi connectivity index (χ1n) is 4.13. The van der Waals surface area contributed by atoms with Crippen LogP contribution in [0.1, 0.15) is 28.5 Å². The summed E-state index contributed by atoms with van der Waals surface area (Å²) in [5.41, 5.74) is 0. The highest BCUT2D eigenvalue weighted by atomic mass is 15.1. The zero-order valence-electron chi connectivity index (χ0n) is 8.18. The Kier molecular flexibility index (Phi) is 3.05. The van der Waals surface area contributed by atoms with Gasteiger partial charge in [0.1, 0.15) is 0 Å². The summed E-state index contributed by atoms with van der Waals surface area (Å²) in [4.78, 5) is 2.09. The molecule has 0 aliphatic rings. The van der Waals surface area contributed by atoms with Crippen molar-refractivity contribution in [1.82, 2.24) is 4.90 Å². The van der Waals surface area contributed by atoms with Gasteiger partial charge in [-0.05, 0) is 33.3 Å². The predicted molar refractivity (Wildman–Crippen MR) is 42.6 cm³/mol. The lowest BCUT2D eigenvalue weighted by Gasteiger charge is -2.21. The molecule has 0 bridgehead atoms. The van der Waals surface area contributed by atoms with Crippen molar-refractivity contribution in [3.05, 3.63) is 0 Å². The Morgan fingerprint density at radius 3 is 1.89 bits per heavy atom. The Balaban J connectivity index is 3.81. The fraction of sp³-hybridized carbons (Fsp3) is 1.00. The molecule has 9 heavy (non-hydrogen) atoms. The summed E-state index contributed by atoms with van der Waals surface area (Å²) in [6, 6.07) is 0.361. The van der Waals surface area contributed by atoms with Crippen molar-refractivity contribution in [3.63, 3.8) is 0 Å². The van der Waals surface area contributed by atoms with E-state index in [0.717, 1.165) is 0 Å². The van der Waals surface area contributed by atoms with Gasteiger partial charge in [-0.3, -0.25) is 0 Å². The average Bonchev–Trinajstić information content (AvgIpc) is 1.84. The summed E-state index contributed by atoms with van der Waals surface area (Å²) in [6.07, 6.45) is 0.0370. The van der Waals surface area contributed by atoms with Crippen LogP contribution < -0.4 is 0 Å². The Labute approximate surface area is 60.5 Å². The van der Waals surface area contributed by atoms with Crippen LogP contribution in [0, 0.1) is 5.92 Å². The molecule has 0 saturated carbocycles. The van der Waals surface area contributed by atoms with Crippen molar-refractivity contribution in [1.29, 1.82) is 0 Å². The lowest BCUT2D eigenvalue weighted by atomic mass is 10.1. The van der Waals surface area contributed by atoms with E-state index in [1.54, 1.807) is 0 Å². The summed E-state index contributed by atoms with van der Waals surface area (Å²) in [5, 5.41) is 0. The van der Waals surface area contributed by atoms with E-state index in [0.29, 0.717) is 12.0 Å². The summed E-state index contributed by atoms with van der Waals surface area (Å²) in [5.74, 6) is 0.456. The van der Waals surface area contributed by atoms with Gasteiger partial charge in [-0.15, -0.1) is 0 Å². The van der Waals surface area contributed by atoms with E-state index in [4.69, 9.17) is 1.37 Å². The first kappa shape index (κ1) is 7.07. The van der Waals surface area contributed by atoms with Crippen LogP contribution in [0.3, 0.4) is 0 Å². The van der Waals surface area contributed by atoms with Gasteiger partial charge in [-0.25, -0.2) is 0 Å². The molecule has 0 radical (unpaired) electrons. The van der Waals surface area contributed by atoms with E-state index in [-0.39, 0.29) is 6.40 Å². The van der Waals surface area contributed by atoms with Gasteiger partial charge in [-0.2, -0.15) is 0 Å². The standard InChI is InChI=1S/C8H19N/c1-7(2)6-8(3)9(4)5/h7-8H,6H2,1-5H3/t8-/m0/s1/i6D/t6-,8-. The van der Waals surface area contributed by atoms with Gasteiger partial charge < -0.3 is 4.90 Å². The van der Waals surface area contributed by atoms with E-state index >= 15 is 0 Å². The molecule has 0 rings (SSSR count). The zero-order valence-corrected chi connectivity index (χ0v) is 7.18. The highest BCUT2D eigenvalue weighted by Gasteiger charge is 2.05. The van der Waals surface area contributed by atoms with Crippen LogP contribution in [0.4, 0.5) is 0 Å². The molecule has 1 nitrogen and oxygen atoms in total. The number of hydrogen-bond donors (Lipinski definition) is 0. The second kappa shape index (κ2) is 3.89. The van der Waals surface area contributed by atoms with Crippen LogP contribution in [0.15, 0.2) is 0 Å². The molecule has 1 heteroatoms. The quantitative estimate of drug-likeness (QED) is 0.564. The molecule has 0 saturated heterocycles. The smallest absolute Gasteiger partial charge is 0.0285 e. The molecule has 0 fully saturated rings. The maximum Gasteiger partial charge on any atom is 0.0285 e. The zero-order chi connectivity index (χ0) is 8.31. The van der Waals surface area contributed by atoms with Crippen LogP contribution in [0.2, 0.25) is 0 Å². The first-order chi connectivity index (χ1) is 4.46. The number of nitrogens with zero attached hydrogens (tertiary/aromatic N) is 1. The molecule has 0 aromatic heterocycles. The molecule has 0 amide bonds. The van der Waals surface area contributed by atoms with Crippen molar-refractivity contribution >= 4 is 0 Å². The molecular formula is C8H19N. The third kappa shape index (κ3) is 4.46. The lowest BCUT2D eigenvalue weighted by molar-refractivity contribution is 0.274. The summed E-state index contributed by atoms with van der Waals surface area (Å²) in [6.45, 7) is 6.28. The van der Waals surface area contributed by atoms with Gasteiger partial charge in [0.2, 0.25) is 0 Å². The molecule has 0 aliphatic carbocycles. The van der Waals surface area contributed by atoms with E-state index < -0.39 is 0 Å². The Bertz CT molecular complexity index is 79.3. The van der Waals surface area contributed by atoms with Gasteiger partial charge in [0.05, 0.1) is 0 Å². The van der Waals surface area contributed by atoms with Gasteiger partial charge in [0.15, 0.2) is 0 Å². The summed E-state index contributed by atoms with van der Waals surface area (Å²) < 4.78 is 7.72. The highest BCUT2D eigenvalue weighted by Crippen LogP contribution is 2.06. The Hall–Kier alpha value is -0.0400. The molecule has 0 aromatic carbocycles. The lowest BCUT2D eigenvalue weighted by Crippen LogP contribution is -2.25. The Morgan fingerprint density at radius 1 is 1.33 bits per heavy atom. The van der Waals surface area contributed by atoms with E-state index in [2.05, 4.69) is 25.7 Å². The first-order valence-corrected chi connectivity index (χ1v) is 3.55. The molecule has 0 heterocycles. The monoisotopic (exact) mass is 130 g/mol. The SMILES string of the molecule is [2H][C@@H](C(C)C)[C@H](C)N(C)C. The maximum absolute atomic E-state index is 7.72. The van der Waals surface area contributed by atoms with E-state index in [9.17, 15) is 0 Å². The molecule has 2 atom stereocenters. The highest BCUT2D eigenvalue weighted by molar-refractivity contribution is 4.60. The molecule has 0 unspecified atom stereocenters. The van der Waals surface area contributed by atoms with Crippen LogP contribution in [-0.4, -0.2) is 25.0 Å². The third-order valence-corrected chi connectivity index (χ3v) is 1.48. The van der Waals surface area contributed by atoms with Gasteiger partial charge in [-0.1, -0.05) is 13.8 Å². The molecule has 0 N–H and O–H groups in total. The third-order valence-electron chi connectivity index (χ3n) is 1.48. The van der Waals surface area contributed by atoms with Crippen molar-refractivity contribution < 1.29 is 1.37 Å². The summed E-state index contributed by atoms with van der Waals surface area (Å²) in [7, 11) is 4.04. The number of rotatable bonds is 3. The minimum atomic E-state index is 0.0370. The molecule has 0 spiro atoms. The van der Waals surface area contributed by atoms with Gasteiger partial charge in [0.25, 0.3) is 0 Å². The topological polar surface area (TPSA) is 3.24 Å². The molecular weight excluding hydrogens is 110 g/mol. The van der Waals surface area contributed by atoms with Gasteiger partial charge >= 0.3 is 0 Å². The van der Waals surface area contributed by atoms with E-state index in [1.807, 2.05) is 14.1 Å². The van der Waals surface area contributed by atoms with Crippen LogP contribution >= 0.6 is 0 Å². The van der Waals surface area contributed by atoms with Crippen LogP contribution in [0.25, 0.3) is 0 Å². The Morgan fingerprint density at radius 2 is 1.78 bits per heavy atom. The summed E-state index contributed by atoms with van der Waals surface area (Å²) >= 11 is 0. The maximum atomic E-state index is 7.72. The minimum Gasteiger partial charge on any atom is -0.307 e. The second-order valence-electron chi connectivity index (χ2n) is 3.14. The van der Waals surface area contributed by atoms with Crippen LogP contribution in [0.5, 0.6) is 0 Å². The van der Waals surface area contributed by atoms with E-state index in [1.165, 1.54) is 0 Å². The van der Waals surface area contributed by atoms with Gasteiger partial charge in [0, 0.05) is 7.41 Å². The van der Waals surface area contributed by atoms with Crippen molar-refractivity contribution in [2.24, 2.45) is 5.92 Å². The second-order valence-corrected chi connectivity index (χ2v) is 3.14. The van der Waals surface area contributed by atoms with Crippen LogP contribution in [-0.2, 0) is 0 Å². The fourth-order valence-electron chi connectivity index (χ4n) is 0.729. The minimum absolute atomic E-state index is 0.0370. The fourth-order valence-corrected chi connectivity index (χ4v) is 0.729. The van der Waals surface area contributed by atoms with Crippen molar-refractivity contribution in [2.75, 3.05) is 14.1 Å². The molecule has 56 valence electrons. The average molecular weight is 130 g/mol.